The lowest BCUT2D eigenvalue weighted by Gasteiger charge is -2.41. The van der Waals surface area contributed by atoms with Gasteiger partial charge < -0.3 is 10.4 Å². The van der Waals surface area contributed by atoms with Crippen LogP contribution in [-0.4, -0.2) is 17.6 Å². The summed E-state index contributed by atoms with van der Waals surface area (Å²) in [6.07, 6.45) is 4.76. The predicted octanol–water partition coefficient (Wildman–Crippen LogP) is 3.01. The standard InChI is InChI=1S/C15H21NO2/c1-3-15(7-4-8-15)10-16-14(18)12-6-5-11(2)9-13(12)17/h5-6,9,17H,3-4,7-8,10H2,1-2H3,(H,16,18). The average molecular weight is 247 g/mol. The fraction of sp³-hybridized carbons (Fsp3) is 0.533. The molecular weight excluding hydrogens is 226 g/mol. The Hall–Kier alpha value is -1.51. The predicted molar refractivity (Wildman–Crippen MR) is 71.8 cm³/mol. The van der Waals surface area contributed by atoms with E-state index in [-0.39, 0.29) is 11.7 Å². The molecule has 0 bridgehead atoms. The van der Waals surface area contributed by atoms with Gasteiger partial charge in [-0.1, -0.05) is 19.4 Å². The van der Waals surface area contributed by atoms with Crippen LogP contribution in [0.4, 0.5) is 0 Å². The molecule has 3 nitrogen and oxygen atoms in total. The van der Waals surface area contributed by atoms with Gasteiger partial charge in [0.25, 0.3) is 5.91 Å². The van der Waals surface area contributed by atoms with Gasteiger partial charge in [-0.05, 0) is 49.3 Å². The normalized spacial score (nSPS) is 17.0. The lowest BCUT2D eigenvalue weighted by atomic mass is 9.67. The van der Waals surface area contributed by atoms with Crippen molar-refractivity contribution in [2.45, 2.75) is 39.5 Å². The summed E-state index contributed by atoms with van der Waals surface area (Å²) < 4.78 is 0. The molecule has 1 aliphatic carbocycles. The van der Waals surface area contributed by atoms with Gasteiger partial charge in [-0.2, -0.15) is 0 Å². The average Bonchev–Trinajstić information content (AvgIpc) is 2.27. The summed E-state index contributed by atoms with van der Waals surface area (Å²) in [4.78, 5) is 12.0. The minimum absolute atomic E-state index is 0.0617. The van der Waals surface area contributed by atoms with Gasteiger partial charge in [-0.15, -0.1) is 0 Å². The maximum Gasteiger partial charge on any atom is 0.255 e. The molecule has 1 aliphatic rings. The van der Waals surface area contributed by atoms with Gasteiger partial charge in [0.2, 0.25) is 0 Å². The van der Waals surface area contributed by atoms with E-state index in [1.807, 2.05) is 13.0 Å². The molecule has 1 amide bonds. The van der Waals surface area contributed by atoms with Gasteiger partial charge in [-0.25, -0.2) is 0 Å². The minimum atomic E-state index is -0.174. The molecule has 2 rings (SSSR count). The SMILES string of the molecule is CCC1(CNC(=O)c2ccc(C)cc2O)CCC1. The molecule has 0 heterocycles. The molecule has 1 aromatic rings. The van der Waals surface area contributed by atoms with Crippen LogP contribution in [0.15, 0.2) is 18.2 Å². The maximum absolute atomic E-state index is 12.0. The lowest BCUT2D eigenvalue weighted by Crippen LogP contribution is -2.41. The number of aryl methyl sites for hydroxylation is 1. The molecule has 0 spiro atoms. The smallest absolute Gasteiger partial charge is 0.255 e. The number of rotatable bonds is 4. The van der Waals surface area contributed by atoms with E-state index in [1.165, 1.54) is 19.3 Å². The minimum Gasteiger partial charge on any atom is -0.507 e. The third kappa shape index (κ3) is 2.50. The largest absolute Gasteiger partial charge is 0.507 e. The van der Waals surface area contributed by atoms with Crippen molar-refractivity contribution in [1.82, 2.24) is 5.32 Å². The van der Waals surface area contributed by atoms with E-state index >= 15 is 0 Å². The molecule has 0 saturated heterocycles. The summed E-state index contributed by atoms with van der Waals surface area (Å²) in [5.74, 6) is -0.112. The lowest BCUT2D eigenvalue weighted by molar-refractivity contribution is 0.0847. The van der Waals surface area contributed by atoms with E-state index in [2.05, 4.69) is 12.2 Å². The zero-order valence-corrected chi connectivity index (χ0v) is 11.1. The second kappa shape index (κ2) is 5.01. The first-order valence-electron chi connectivity index (χ1n) is 6.64. The Morgan fingerprint density at radius 2 is 2.17 bits per heavy atom. The van der Waals surface area contributed by atoms with E-state index in [4.69, 9.17) is 0 Å². The van der Waals surface area contributed by atoms with Gasteiger partial charge in [0.1, 0.15) is 5.75 Å². The molecule has 0 unspecified atom stereocenters. The van der Waals surface area contributed by atoms with E-state index in [1.54, 1.807) is 12.1 Å². The Labute approximate surface area is 108 Å². The quantitative estimate of drug-likeness (QED) is 0.859. The molecule has 18 heavy (non-hydrogen) atoms. The number of carbonyl (C=O) groups is 1. The van der Waals surface area contributed by atoms with Crippen molar-refractivity contribution in [3.63, 3.8) is 0 Å². The van der Waals surface area contributed by atoms with Crippen molar-refractivity contribution in [2.75, 3.05) is 6.54 Å². The highest BCUT2D eigenvalue weighted by atomic mass is 16.3. The van der Waals surface area contributed by atoms with Crippen LogP contribution in [0.2, 0.25) is 0 Å². The van der Waals surface area contributed by atoms with Crippen LogP contribution >= 0.6 is 0 Å². The fourth-order valence-corrected chi connectivity index (χ4v) is 2.53. The summed E-state index contributed by atoms with van der Waals surface area (Å²) >= 11 is 0. The molecule has 3 heteroatoms. The van der Waals surface area contributed by atoms with Crippen LogP contribution in [0, 0.1) is 12.3 Å². The third-order valence-electron chi connectivity index (χ3n) is 4.19. The van der Waals surface area contributed by atoms with E-state index < -0.39 is 0 Å². The number of hydrogen-bond donors (Lipinski definition) is 2. The maximum atomic E-state index is 12.0. The van der Waals surface area contributed by atoms with Crippen molar-refractivity contribution in [1.29, 1.82) is 0 Å². The van der Waals surface area contributed by atoms with Crippen molar-refractivity contribution in [3.05, 3.63) is 29.3 Å². The van der Waals surface area contributed by atoms with Crippen LogP contribution in [0.25, 0.3) is 0 Å². The van der Waals surface area contributed by atoms with Crippen molar-refractivity contribution < 1.29 is 9.90 Å². The Bertz CT molecular complexity index is 444. The number of phenols is 1. The number of aromatic hydroxyl groups is 1. The molecule has 1 saturated carbocycles. The molecule has 0 aliphatic heterocycles. The molecule has 98 valence electrons. The fourth-order valence-electron chi connectivity index (χ4n) is 2.53. The summed E-state index contributed by atoms with van der Waals surface area (Å²) in [6, 6.07) is 5.14. The van der Waals surface area contributed by atoms with Crippen molar-refractivity contribution in [2.24, 2.45) is 5.41 Å². The third-order valence-corrected chi connectivity index (χ3v) is 4.19. The molecule has 0 aromatic heterocycles. The molecule has 2 N–H and O–H groups in total. The van der Waals surface area contributed by atoms with Crippen molar-refractivity contribution >= 4 is 5.91 Å². The first kappa shape index (κ1) is 12.9. The number of amides is 1. The highest BCUT2D eigenvalue weighted by molar-refractivity contribution is 5.96. The van der Waals surface area contributed by atoms with E-state index in [0.29, 0.717) is 11.0 Å². The second-order valence-corrected chi connectivity index (χ2v) is 5.41. The van der Waals surface area contributed by atoms with Gasteiger partial charge in [0, 0.05) is 6.54 Å². The van der Waals surface area contributed by atoms with Crippen molar-refractivity contribution in [3.8, 4) is 5.75 Å². The number of phenolic OH excluding ortho intramolecular Hbond substituents is 1. The van der Waals surface area contributed by atoms with Gasteiger partial charge in [0.05, 0.1) is 5.56 Å². The van der Waals surface area contributed by atoms with Crippen LogP contribution in [0.5, 0.6) is 5.75 Å². The topological polar surface area (TPSA) is 49.3 Å². The molecule has 0 atom stereocenters. The Balaban J connectivity index is 1.99. The molecule has 1 fully saturated rings. The van der Waals surface area contributed by atoms with E-state index in [0.717, 1.165) is 18.5 Å². The number of nitrogens with one attached hydrogen (secondary N) is 1. The second-order valence-electron chi connectivity index (χ2n) is 5.41. The Morgan fingerprint density at radius 3 is 2.67 bits per heavy atom. The molecule has 1 aromatic carbocycles. The van der Waals surface area contributed by atoms with E-state index in [9.17, 15) is 9.90 Å². The molecule has 0 radical (unpaired) electrons. The zero-order valence-electron chi connectivity index (χ0n) is 11.1. The summed E-state index contributed by atoms with van der Waals surface area (Å²) in [5.41, 5.74) is 1.62. The molecular formula is C15H21NO2. The number of carbonyl (C=O) groups excluding carboxylic acids is 1. The number of benzene rings is 1. The highest BCUT2D eigenvalue weighted by Gasteiger charge is 2.35. The van der Waals surface area contributed by atoms with Gasteiger partial charge in [-0.3, -0.25) is 4.79 Å². The van der Waals surface area contributed by atoms with Crippen LogP contribution < -0.4 is 5.32 Å². The number of hydrogen-bond acceptors (Lipinski definition) is 2. The van der Waals surface area contributed by atoms with Crippen LogP contribution in [0.1, 0.15) is 48.5 Å². The Morgan fingerprint density at radius 1 is 1.44 bits per heavy atom. The monoisotopic (exact) mass is 247 g/mol. The summed E-state index contributed by atoms with van der Waals surface area (Å²) in [7, 11) is 0. The first-order chi connectivity index (χ1) is 8.56. The van der Waals surface area contributed by atoms with Gasteiger partial charge in [0.15, 0.2) is 0 Å². The Kier molecular flexibility index (Phi) is 3.60. The van der Waals surface area contributed by atoms with Crippen LogP contribution in [0.3, 0.4) is 0 Å². The highest BCUT2D eigenvalue weighted by Crippen LogP contribution is 2.43. The van der Waals surface area contributed by atoms with Gasteiger partial charge >= 0.3 is 0 Å². The zero-order chi connectivity index (χ0) is 13.2. The summed E-state index contributed by atoms with van der Waals surface area (Å²) in [5, 5.41) is 12.7. The van der Waals surface area contributed by atoms with Crippen LogP contribution in [-0.2, 0) is 0 Å². The summed E-state index contributed by atoms with van der Waals surface area (Å²) in [6.45, 7) is 4.78. The first-order valence-corrected chi connectivity index (χ1v) is 6.64.